The van der Waals surface area contributed by atoms with Gasteiger partial charge in [-0.25, -0.2) is 4.98 Å². The van der Waals surface area contributed by atoms with Crippen molar-refractivity contribution in [1.82, 2.24) is 24.8 Å². The van der Waals surface area contributed by atoms with Gasteiger partial charge in [-0.2, -0.15) is 0 Å². The Morgan fingerprint density at radius 3 is 2.09 bits per heavy atom. The number of rotatable bonds is 19. The second kappa shape index (κ2) is 18.0. The third-order valence-corrected chi connectivity index (χ3v) is 9.71. The summed E-state index contributed by atoms with van der Waals surface area (Å²) in [5.74, 6) is -1.50. The second-order valence-corrected chi connectivity index (χ2v) is 13.4. The molecule has 292 valence electrons. The van der Waals surface area contributed by atoms with Crippen molar-refractivity contribution in [3.05, 3.63) is 83.3 Å². The first-order valence-corrected chi connectivity index (χ1v) is 18.6. The van der Waals surface area contributed by atoms with E-state index in [-0.39, 0.29) is 43.8 Å². The number of imide groups is 2. The molecule has 0 radical (unpaired) electrons. The van der Waals surface area contributed by atoms with Crippen LogP contribution in [0.5, 0.6) is 11.6 Å². The summed E-state index contributed by atoms with van der Waals surface area (Å²) in [6, 6.07) is 13.7. The molecule has 1 N–H and O–H groups in total. The maximum Gasteiger partial charge on any atom is 0.262 e. The summed E-state index contributed by atoms with van der Waals surface area (Å²) in [5.41, 5.74) is 4.45. The summed E-state index contributed by atoms with van der Waals surface area (Å²) < 4.78 is 35.8. The van der Waals surface area contributed by atoms with Crippen LogP contribution in [0.15, 0.2) is 67.1 Å². The summed E-state index contributed by atoms with van der Waals surface area (Å²) in [7, 11) is 2.04. The SMILES string of the molecule is Cn1c2ccncc2c2ccc(-c3cnc(OCCOCCOCCOCCOCCOc4ccc5c(c4)C(=O)N(C4CCC(=O)NC4=O)C5=O)c(Cl)c3)cc21. The van der Waals surface area contributed by atoms with Gasteiger partial charge in [-0.3, -0.25) is 34.4 Å². The Bertz CT molecular complexity index is 2260. The number of hydrogen-bond acceptors (Lipinski definition) is 12. The average molecular weight is 786 g/mol. The van der Waals surface area contributed by atoms with E-state index in [9.17, 15) is 19.2 Å². The number of hydrogen-bond donors (Lipinski definition) is 1. The van der Waals surface area contributed by atoms with Crippen LogP contribution in [0.2, 0.25) is 5.02 Å². The van der Waals surface area contributed by atoms with Gasteiger partial charge in [-0.1, -0.05) is 23.7 Å². The number of nitrogens with one attached hydrogen (secondary N) is 1. The summed E-state index contributed by atoms with van der Waals surface area (Å²) in [6.07, 6.45) is 5.59. The third-order valence-electron chi connectivity index (χ3n) is 9.44. The van der Waals surface area contributed by atoms with Crippen LogP contribution in [0, 0.1) is 0 Å². The van der Waals surface area contributed by atoms with E-state index in [1.165, 1.54) is 12.1 Å². The molecule has 0 aliphatic carbocycles. The summed E-state index contributed by atoms with van der Waals surface area (Å²) in [4.78, 5) is 59.1. The van der Waals surface area contributed by atoms with Crippen LogP contribution < -0.4 is 14.8 Å². The van der Waals surface area contributed by atoms with Gasteiger partial charge in [0.05, 0.1) is 69.5 Å². The first kappa shape index (κ1) is 38.8. The number of benzene rings is 2. The lowest BCUT2D eigenvalue weighted by molar-refractivity contribution is -0.136. The van der Waals surface area contributed by atoms with Crippen molar-refractivity contribution < 1.29 is 47.6 Å². The van der Waals surface area contributed by atoms with E-state index in [0.29, 0.717) is 62.9 Å². The van der Waals surface area contributed by atoms with E-state index < -0.39 is 29.7 Å². The van der Waals surface area contributed by atoms with Crippen LogP contribution in [0.4, 0.5) is 0 Å². The van der Waals surface area contributed by atoms with Crippen molar-refractivity contribution in [2.75, 3.05) is 66.1 Å². The van der Waals surface area contributed by atoms with Gasteiger partial charge in [-0.15, -0.1) is 0 Å². The zero-order valence-electron chi connectivity index (χ0n) is 30.7. The van der Waals surface area contributed by atoms with Crippen molar-refractivity contribution >= 4 is 57.0 Å². The summed E-state index contributed by atoms with van der Waals surface area (Å²) >= 11 is 6.51. The number of ether oxygens (including phenoxy) is 6. The lowest BCUT2D eigenvalue weighted by Crippen LogP contribution is -2.54. The van der Waals surface area contributed by atoms with Crippen molar-refractivity contribution in [3.8, 4) is 22.8 Å². The molecule has 0 bridgehead atoms. The van der Waals surface area contributed by atoms with E-state index in [0.717, 1.165) is 37.8 Å². The predicted molar refractivity (Wildman–Crippen MR) is 204 cm³/mol. The van der Waals surface area contributed by atoms with Crippen LogP contribution in [-0.4, -0.2) is 115 Å². The van der Waals surface area contributed by atoms with Crippen molar-refractivity contribution in [2.45, 2.75) is 18.9 Å². The molecule has 2 aliphatic heterocycles. The number of amides is 4. The van der Waals surface area contributed by atoms with Gasteiger partial charge >= 0.3 is 0 Å². The molecule has 5 heterocycles. The minimum absolute atomic E-state index is 0.0585. The summed E-state index contributed by atoms with van der Waals surface area (Å²) in [5, 5.41) is 4.85. The third kappa shape index (κ3) is 8.67. The number of carbonyl (C=O) groups is 4. The quantitative estimate of drug-likeness (QED) is 0.0929. The van der Waals surface area contributed by atoms with E-state index >= 15 is 0 Å². The molecule has 2 aliphatic rings. The van der Waals surface area contributed by atoms with Crippen LogP contribution in [-0.2, 0) is 35.6 Å². The highest BCUT2D eigenvalue weighted by molar-refractivity contribution is 6.32. The molecule has 4 amide bonds. The van der Waals surface area contributed by atoms with E-state index in [4.69, 9.17) is 40.0 Å². The standard InChI is InChI=1S/C40H40ClN5O10/c1-45-33-8-9-42-24-31(33)28-4-2-25(21-35(28)45)26-20-32(41)38(43-23-26)56-19-17-54-15-13-52-11-10-51-12-14-53-16-18-55-27-3-5-29-30(22-27)40(50)46(39(29)49)34-6-7-36(47)44-37(34)48/h2-5,8-9,20-24,34H,6-7,10-19H2,1H3,(H,44,47,48). The molecule has 5 aromatic rings. The molecular formula is C40H40ClN5O10. The number of aromatic nitrogens is 3. The zero-order valence-corrected chi connectivity index (χ0v) is 31.4. The monoisotopic (exact) mass is 785 g/mol. The molecule has 2 aromatic carbocycles. The Balaban J connectivity index is 0.704. The number of aryl methyl sites for hydroxylation is 1. The maximum atomic E-state index is 13.0. The molecular weight excluding hydrogens is 746 g/mol. The number of carbonyl (C=O) groups excluding carboxylic acids is 4. The van der Waals surface area contributed by atoms with Gasteiger partial charge in [0, 0.05) is 53.9 Å². The molecule has 3 aromatic heterocycles. The van der Waals surface area contributed by atoms with Crippen molar-refractivity contribution in [2.24, 2.45) is 7.05 Å². The fraction of sp³-hybridized carbons (Fsp3) is 0.350. The zero-order chi connectivity index (χ0) is 39.0. The van der Waals surface area contributed by atoms with Gasteiger partial charge in [0.15, 0.2) is 0 Å². The van der Waals surface area contributed by atoms with Crippen molar-refractivity contribution in [3.63, 3.8) is 0 Å². The van der Waals surface area contributed by atoms with Gasteiger partial charge in [-0.05, 0) is 48.4 Å². The predicted octanol–water partition coefficient (Wildman–Crippen LogP) is 4.37. The Morgan fingerprint density at radius 1 is 0.714 bits per heavy atom. The number of nitrogens with zero attached hydrogens (tertiary/aromatic N) is 4. The van der Waals surface area contributed by atoms with Crippen LogP contribution in [0.3, 0.4) is 0 Å². The molecule has 0 spiro atoms. The fourth-order valence-corrected chi connectivity index (χ4v) is 6.86. The Morgan fingerprint density at radius 2 is 1.39 bits per heavy atom. The van der Waals surface area contributed by atoms with Gasteiger partial charge in [0.2, 0.25) is 17.7 Å². The molecule has 1 atom stereocenters. The van der Waals surface area contributed by atoms with Gasteiger partial charge < -0.3 is 33.0 Å². The Kier molecular flexibility index (Phi) is 12.5. The molecule has 1 fully saturated rings. The highest BCUT2D eigenvalue weighted by Gasteiger charge is 2.44. The minimum Gasteiger partial charge on any atom is -0.491 e. The molecule has 7 rings (SSSR count). The number of fused-ring (bicyclic) bond motifs is 4. The topological polar surface area (TPSA) is 170 Å². The molecule has 1 unspecified atom stereocenters. The van der Waals surface area contributed by atoms with Gasteiger partial charge in [0.1, 0.15) is 30.0 Å². The smallest absolute Gasteiger partial charge is 0.262 e. The molecule has 56 heavy (non-hydrogen) atoms. The van der Waals surface area contributed by atoms with E-state index in [1.54, 1.807) is 18.5 Å². The van der Waals surface area contributed by atoms with Crippen molar-refractivity contribution in [1.29, 1.82) is 0 Å². The number of halogens is 1. The molecule has 0 saturated carbocycles. The van der Waals surface area contributed by atoms with Crippen LogP contribution in [0.25, 0.3) is 32.9 Å². The van der Waals surface area contributed by atoms with Crippen LogP contribution >= 0.6 is 11.6 Å². The molecule has 16 heteroatoms. The normalized spacial score (nSPS) is 15.5. The average Bonchev–Trinajstić information content (AvgIpc) is 3.62. The van der Waals surface area contributed by atoms with Gasteiger partial charge in [0.25, 0.3) is 11.8 Å². The first-order chi connectivity index (χ1) is 27.3. The lowest BCUT2D eigenvalue weighted by atomic mass is 10.0. The molecule has 1 saturated heterocycles. The second-order valence-electron chi connectivity index (χ2n) is 13.0. The highest BCUT2D eigenvalue weighted by Crippen LogP contribution is 2.34. The molecule has 15 nitrogen and oxygen atoms in total. The number of pyridine rings is 2. The fourth-order valence-electron chi connectivity index (χ4n) is 6.64. The number of piperidine rings is 1. The Labute approximate surface area is 326 Å². The first-order valence-electron chi connectivity index (χ1n) is 18.2. The largest absolute Gasteiger partial charge is 0.491 e. The lowest BCUT2D eigenvalue weighted by Gasteiger charge is -2.27. The Hall–Kier alpha value is -5.45. The minimum atomic E-state index is -1.02. The summed E-state index contributed by atoms with van der Waals surface area (Å²) in [6.45, 7) is 3.45. The van der Waals surface area contributed by atoms with E-state index in [2.05, 4.69) is 38.1 Å². The van der Waals surface area contributed by atoms with Crippen LogP contribution in [0.1, 0.15) is 33.6 Å². The van der Waals surface area contributed by atoms with E-state index in [1.807, 2.05) is 25.4 Å². The maximum absolute atomic E-state index is 13.0. The highest BCUT2D eigenvalue weighted by atomic mass is 35.5.